The Labute approximate surface area is 63.0 Å². The first kappa shape index (κ1) is 6.66. The van der Waals surface area contributed by atoms with Gasteiger partial charge < -0.3 is 5.73 Å². The summed E-state index contributed by atoms with van der Waals surface area (Å²) >= 11 is 0. The van der Waals surface area contributed by atoms with E-state index in [9.17, 15) is 0 Å². The van der Waals surface area contributed by atoms with E-state index >= 15 is 0 Å². The molecule has 1 nitrogen and oxygen atoms in total. The molecule has 2 fully saturated rings. The molecule has 2 rings (SSSR count). The van der Waals surface area contributed by atoms with Crippen molar-refractivity contribution in [2.45, 2.75) is 32.1 Å². The zero-order valence-corrected chi connectivity index (χ0v) is 6.55. The Kier molecular flexibility index (Phi) is 1.69. The van der Waals surface area contributed by atoms with Gasteiger partial charge in [-0.15, -0.1) is 0 Å². The summed E-state index contributed by atoms with van der Waals surface area (Å²) < 4.78 is 0. The predicted molar refractivity (Wildman–Crippen MR) is 42.6 cm³/mol. The molecule has 2 aliphatic rings. The molecule has 0 amide bonds. The van der Waals surface area contributed by atoms with Crippen LogP contribution in [0.25, 0.3) is 0 Å². The van der Waals surface area contributed by atoms with E-state index in [1.165, 1.54) is 25.7 Å². The van der Waals surface area contributed by atoms with Gasteiger partial charge in [0.2, 0.25) is 0 Å². The van der Waals surface area contributed by atoms with Gasteiger partial charge in [-0.2, -0.15) is 0 Å². The average Bonchev–Trinajstić information content (AvgIpc) is 2.66. The highest BCUT2D eigenvalue weighted by molar-refractivity contribution is 4.92. The molecule has 2 N–H and O–H groups in total. The highest BCUT2D eigenvalue weighted by Gasteiger charge is 2.41. The smallest absolute Gasteiger partial charge is 0.00746 e. The fraction of sp³-hybridized carbons (Fsp3) is 1.00. The minimum Gasteiger partial charge on any atom is -0.330 e. The van der Waals surface area contributed by atoms with Crippen LogP contribution in [0.3, 0.4) is 0 Å². The Morgan fingerprint density at radius 2 is 2.00 bits per heavy atom. The van der Waals surface area contributed by atoms with Crippen LogP contribution in [-0.2, 0) is 0 Å². The standard InChI is InChI=1S/C9H17N/c10-4-3-7-1-2-8-6-9(8)5-7/h7-9H,1-6,10H2/t7-,8+,9-/m0/s1. The molecule has 2 aliphatic carbocycles. The Bertz CT molecular complexity index is 122. The van der Waals surface area contributed by atoms with Crippen molar-refractivity contribution >= 4 is 0 Å². The molecule has 0 unspecified atom stereocenters. The van der Waals surface area contributed by atoms with Crippen LogP contribution in [-0.4, -0.2) is 6.54 Å². The molecule has 3 atom stereocenters. The maximum absolute atomic E-state index is 5.52. The number of hydrogen-bond acceptors (Lipinski definition) is 1. The van der Waals surface area contributed by atoms with E-state index in [1.807, 2.05) is 0 Å². The zero-order valence-electron chi connectivity index (χ0n) is 6.55. The zero-order chi connectivity index (χ0) is 6.97. The lowest BCUT2D eigenvalue weighted by Crippen LogP contribution is -2.13. The lowest BCUT2D eigenvalue weighted by molar-refractivity contribution is 0.329. The molecule has 0 saturated heterocycles. The molecule has 0 aromatic heterocycles. The van der Waals surface area contributed by atoms with Crippen LogP contribution in [0.1, 0.15) is 32.1 Å². The SMILES string of the molecule is NCC[C@@H]1CC[C@@H]2C[C@@H]2C1. The quantitative estimate of drug-likeness (QED) is 0.620. The first-order valence-electron chi connectivity index (χ1n) is 4.60. The lowest BCUT2D eigenvalue weighted by Gasteiger charge is -2.19. The van der Waals surface area contributed by atoms with E-state index in [2.05, 4.69) is 0 Å². The van der Waals surface area contributed by atoms with Crippen molar-refractivity contribution in [1.82, 2.24) is 0 Å². The lowest BCUT2D eigenvalue weighted by atomic mass is 9.87. The minimum absolute atomic E-state index is 0.905. The third kappa shape index (κ3) is 1.20. The first-order chi connectivity index (χ1) is 4.90. The third-order valence-corrected chi connectivity index (χ3v) is 3.23. The Balaban J connectivity index is 1.77. The second-order valence-corrected chi connectivity index (χ2v) is 4.01. The van der Waals surface area contributed by atoms with Crippen LogP contribution in [0.5, 0.6) is 0 Å². The maximum Gasteiger partial charge on any atom is -0.00746 e. The van der Waals surface area contributed by atoms with Crippen LogP contribution in [0.4, 0.5) is 0 Å². The molecular formula is C9H17N. The van der Waals surface area contributed by atoms with Crippen LogP contribution in [0.2, 0.25) is 0 Å². The molecule has 10 heavy (non-hydrogen) atoms. The minimum atomic E-state index is 0.905. The van der Waals surface area contributed by atoms with Crippen LogP contribution < -0.4 is 5.73 Å². The number of rotatable bonds is 2. The predicted octanol–water partition coefficient (Wildman–Crippen LogP) is 1.77. The molecule has 2 saturated carbocycles. The van der Waals surface area contributed by atoms with Crippen molar-refractivity contribution < 1.29 is 0 Å². The van der Waals surface area contributed by atoms with E-state index in [-0.39, 0.29) is 0 Å². The van der Waals surface area contributed by atoms with Gasteiger partial charge in [-0.1, -0.05) is 6.42 Å². The van der Waals surface area contributed by atoms with Gasteiger partial charge in [0.15, 0.2) is 0 Å². The molecule has 0 spiro atoms. The summed E-state index contributed by atoms with van der Waals surface area (Å²) in [5.74, 6) is 3.27. The fourth-order valence-corrected chi connectivity index (χ4v) is 2.45. The summed E-state index contributed by atoms with van der Waals surface area (Å²) in [6, 6.07) is 0. The van der Waals surface area contributed by atoms with E-state index in [0.717, 1.165) is 24.3 Å². The maximum atomic E-state index is 5.52. The molecule has 0 aromatic rings. The summed E-state index contributed by atoms with van der Waals surface area (Å²) in [7, 11) is 0. The Hall–Kier alpha value is -0.0400. The second kappa shape index (κ2) is 2.54. The molecule has 0 bridgehead atoms. The number of nitrogens with two attached hydrogens (primary N) is 1. The second-order valence-electron chi connectivity index (χ2n) is 4.01. The monoisotopic (exact) mass is 139 g/mol. The summed E-state index contributed by atoms with van der Waals surface area (Å²) in [6.07, 6.45) is 7.31. The molecule has 0 aliphatic heterocycles. The molecule has 0 radical (unpaired) electrons. The molecule has 58 valence electrons. The van der Waals surface area contributed by atoms with Gasteiger partial charge in [-0.3, -0.25) is 0 Å². The van der Waals surface area contributed by atoms with Crippen LogP contribution in [0, 0.1) is 17.8 Å². The van der Waals surface area contributed by atoms with E-state index < -0.39 is 0 Å². The third-order valence-electron chi connectivity index (χ3n) is 3.23. The number of fused-ring (bicyclic) bond motifs is 1. The fourth-order valence-electron chi connectivity index (χ4n) is 2.45. The van der Waals surface area contributed by atoms with Crippen molar-refractivity contribution in [3.8, 4) is 0 Å². The molecular weight excluding hydrogens is 122 g/mol. The average molecular weight is 139 g/mol. The van der Waals surface area contributed by atoms with Gasteiger partial charge in [-0.05, 0) is 50.0 Å². The highest BCUT2D eigenvalue weighted by Crippen LogP contribution is 2.51. The van der Waals surface area contributed by atoms with Crippen LogP contribution >= 0.6 is 0 Å². The Morgan fingerprint density at radius 1 is 1.10 bits per heavy atom. The van der Waals surface area contributed by atoms with E-state index in [1.54, 1.807) is 6.42 Å². The summed E-state index contributed by atoms with van der Waals surface area (Å²) in [6.45, 7) is 0.905. The van der Waals surface area contributed by atoms with Gasteiger partial charge in [0.05, 0.1) is 0 Å². The summed E-state index contributed by atoms with van der Waals surface area (Å²) in [5.41, 5.74) is 5.52. The van der Waals surface area contributed by atoms with E-state index in [0.29, 0.717) is 0 Å². The largest absolute Gasteiger partial charge is 0.330 e. The van der Waals surface area contributed by atoms with Crippen molar-refractivity contribution in [2.75, 3.05) is 6.54 Å². The van der Waals surface area contributed by atoms with Crippen molar-refractivity contribution in [2.24, 2.45) is 23.5 Å². The van der Waals surface area contributed by atoms with Gasteiger partial charge in [0.25, 0.3) is 0 Å². The Morgan fingerprint density at radius 3 is 2.70 bits per heavy atom. The van der Waals surface area contributed by atoms with Gasteiger partial charge in [0, 0.05) is 0 Å². The van der Waals surface area contributed by atoms with Crippen molar-refractivity contribution in [3.63, 3.8) is 0 Å². The molecule has 1 heteroatoms. The first-order valence-corrected chi connectivity index (χ1v) is 4.60. The topological polar surface area (TPSA) is 26.0 Å². The summed E-state index contributed by atoms with van der Waals surface area (Å²) in [4.78, 5) is 0. The highest BCUT2D eigenvalue weighted by atomic mass is 14.5. The van der Waals surface area contributed by atoms with Crippen molar-refractivity contribution in [1.29, 1.82) is 0 Å². The molecule has 0 aromatic carbocycles. The van der Waals surface area contributed by atoms with Gasteiger partial charge >= 0.3 is 0 Å². The van der Waals surface area contributed by atoms with Gasteiger partial charge in [-0.25, -0.2) is 0 Å². The summed E-state index contributed by atoms with van der Waals surface area (Å²) in [5, 5.41) is 0. The molecule has 0 heterocycles. The van der Waals surface area contributed by atoms with Gasteiger partial charge in [0.1, 0.15) is 0 Å². The van der Waals surface area contributed by atoms with Crippen LogP contribution in [0.15, 0.2) is 0 Å². The van der Waals surface area contributed by atoms with E-state index in [4.69, 9.17) is 5.73 Å². The normalized spacial score (nSPS) is 44.7. The number of hydrogen-bond donors (Lipinski definition) is 1. The van der Waals surface area contributed by atoms with Crippen molar-refractivity contribution in [3.05, 3.63) is 0 Å².